The van der Waals surface area contributed by atoms with E-state index >= 15 is 0 Å². The number of methoxy groups -OCH3 is 1. The van der Waals surface area contributed by atoms with E-state index in [1.165, 1.54) is 19.5 Å². The first-order chi connectivity index (χ1) is 9.97. The fourth-order valence-electron chi connectivity index (χ4n) is 2.97. The SMILES string of the molecule is COc1nccnc1C(NN)C1CCCC(C(F)(F)F)C1. The summed E-state index contributed by atoms with van der Waals surface area (Å²) < 4.78 is 43.9. The second-order valence-electron chi connectivity index (χ2n) is 5.26. The van der Waals surface area contributed by atoms with Crippen LogP contribution in [0.3, 0.4) is 0 Å². The summed E-state index contributed by atoms with van der Waals surface area (Å²) in [5, 5.41) is 0. The number of alkyl halides is 3. The van der Waals surface area contributed by atoms with Gasteiger partial charge in [-0.05, 0) is 25.2 Å². The van der Waals surface area contributed by atoms with Crippen LogP contribution in [-0.2, 0) is 0 Å². The third-order valence-electron chi connectivity index (χ3n) is 4.01. The lowest BCUT2D eigenvalue weighted by molar-refractivity contribution is -0.186. The highest BCUT2D eigenvalue weighted by molar-refractivity contribution is 5.22. The molecule has 0 aromatic carbocycles. The van der Waals surface area contributed by atoms with Crippen molar-refractivity contribution in [3.05, 3.63) is 18.1 Å². The molecule has 1 saturated carbocycles. The topological polar surface area (TPSA) is 73.1 Å². The fraction of sp³-hybridized carbons (Fsp3) is 0.692. The van der Waals surface area contributed by atoms with Crippen LogP contribution in [0.25, 0.3) is 0 Å². The Morgan fingerprint density at radius 3 is 2.67 bits per heavy atom. The van der Waals surface area contributed by atoms with Gasteiger partial charge in [0.2, 0.25) is 5.88 Å². The van der Waals surface area contributed by atoms with E-state index in [0.717, 1.165) is 0 Å². The number of rotatable bonds is 4. The summed E-state index contributed by atoms with van der Waals surface area (Å²) in [5.74, 6) is 4.31. The maximum Gasteiger partial charge on any atom is 0.391 e. The number of hydrazine groups is 1. The largest absolute Gasteiger partial charge is 0.480 e. The molecule has 0 bridgehead atoms. The van der Waals surface area contributed by atoms with E-state index < -0.39 is 18.1 Å². The first kappa shape index (κ1) is 16.0. The number of hydrogen-bond acceptors (Lipinski definition) is 5. The Balaban J connectivity index is 2.21. The van der Waals surface area contributed by atoms with E-state index in [2.05, 4.69) is 15.4 Å². The molecule has 2 rings (SSSR count). The predicted octanol–water partition coefficient (Wildman–Crippen LogP) is 2.36. The van der Waals surface area contributed by atoms with Crippen molar-refractivity contribution in [3.63, 3.8) is 0 Å². The first-order valence-electron chi connectivity index (χ1n) is 6.85. The molecule has 1 aliphatic carbocycles. The maximum absolute atomic E-state index is 12.9. The van der Waals surface area contributed by atoms with Crippen LogP contribution < -0.4 is 16.0 Å². The summed E-state index contributed by atoms with van der Waals surface area (Å²) in [7, 11) is 1.44. The van der Waals surface area contributed by atoms with Gasteiger partial charge < -0.3 is 4.74 Å². The minimum Gasteiger partial charge on any atom is -0.480 e. The summed E-state index contributed by atoms with van der Waals surface area (Å²) in [6, 6.07) is -0.501. The van der Waals surface area contributed by atoms with Gasteiger partial charge in [0, 0.05) is 12.4 Å². The average molecular weight is 304 g/mol. The van der Waals surface area contributed by atoms with Crippen molar-refractivity contribution < 1.29 is 17.9 Å². The lowest BCUT2D eigenvalue weighted by Crippen LogP contribution is -2.39. The van der Waals surface area contributed by atoms with E-state index in [1.54, 1.807) is 0 Å². The molecule has 1 fully saturated rings. The highest BCUT2D eigenvalue weighted by Gasteiger charge is 2.44. The minimum absolute atomic E-state index is 0.0398. The van der Waals surface area contributed by atoms with Gasteiger partial charge in [-0.3, -0.25) is 16.3 Å². The minimum atomic E-state index is -4.16. The third kappa shape index (κ3) is 3.62. The van der Waals surface area contributed by atoms with Gasteiger partial charge >= 0.3 is 6.18 Å². The molecule has 1 aliphatic rings. The molecule has 118 valence electrons. The molecule has 5 nitrogen and oxygen atoms in total. The molecule has 8 heteroatoms. The summed E-state index contributed by atoms with van der Waals surface area (Å²) in [6.45, 7) is 0. The van der Waals surface area contributed by atoms with Crippen LogP contribution in [0, 0.1) is 11.8 Å². The highest BCUT2D eigenvalue weighted by atomic mass is 19.4. The molecular formula is C13H19F3N4O. The van der Waals surface area contributed by atoms with Gasteiger partial charge in [-0.15, -0.1) is 0 Å². The maximum atomic E-state index is 12.9. The van der Waals surface area contributed by atoms with Crippen molar-refractivity contribution in [2.75, 3.05) is 7.11 Å². The zero-order valence-electron chi connectivity index (χ0n) is 11.7. The van der Waals surface area contributed by atoms with Gasteiger partial charge in [-0.1, -0.05) is 6.42 Å². The Hall–Kier alpha value is -1.41. The van der Waals surface area contributed by atoms with Crippen molar-refractivity contribution in [2.45, 2.75) is 37.9 Å². The normalized spacial score (nSPS) is 24.6. The molecule has 3 N–H and O–H groups in total. The van der Waals surface area contributed by atoms with Gasteiger partial charge in [0.25, 0.3) is 0 Å². The molecule has 3 atom stereocenters. The number of nitrogens with one attached hydrogen (secondary N) is 1. The van der Waals surface area contributed by atoms with Gasteiger partial charge in [0.05, 0.1) is 19.1 Å². The van der Waals surface area contributed by atoms with Crippen LogP contribution in [-0.4, -0.2) is 23.3 Å². The van der Waals surface area contributed by atoms with Crippen molar-refractivity contribution >= 4 is 0 Å². The second-order valence-corrected chi connectivity index (χ2v) is 5.26. The number of ether oxygens (including phenoxy) is 1. The van der Waals surface area contributed by atoms with Crippen molar-refractivity contribution in [1.82, 2.24) is 15.4 Å². The second kappa shape index (κ2) is 6.57. The Morgan fingerprint density at radius 1 is 1.33 bits per heavy atom. The smallest absolute Gasteiger partial charge is 0.391 e. The lowest BCUT2D eigenvalue weighted by atomic mass is 9.77. The van der Waals surface area contributed by atoms with Crippen LogP contribution in [0.1, 0.15) is 37.4 Å². The molecule has 0 amide bonds. The van der Waals surface area contributed by atoms with E-state index in [0.29, 0.717) is 18.5 Å². The van der Waals surface area contributed by atoms with Gasteiger partial charge in [0.1, 0.15) is 5.69 Å². The predicted molar refractivity (Wildman–Crippen MR) is 70.2 cm³/mol. The standard InChI is InChI=1S/C13H19F3N4O/c1-21-12-11(18-5-6-19-12)10(20-17)8-3-2-4-9(7-8)13(14,15)16/h5-6,8-10,20H,2-4,7,17H2,1H3. The summed E-state index contributed by atoms with van der Waals surface area (Å²) >= 11 is 0. The third-order valence-corrected chi connectivity index (χ3v) is 4.01. The van der Waals surface area contributed by atoms with E-state index in [4.69, 9.17) is 10.6 Å². The van der Waals surface area contributed by atoms with Crippen LogP contribution in [0.5, 0.6) is 5.88 Å². The molecule has 0 aliphatic heterocycles. The monoisotopic (exact) mass is 304 g/mol. The number of halogens is 3. The quantitative estimate of drug-likeness (QED) is 0.660. The Bertz CT molecular complexity index is 469. The van der Waals surface area contributed by atoms with Crippen LogP contribution >= 0.6 is 0 Å². The van der Waals surface area contributed by atoms with Gasteiger partial charge in [-0.2, -0.15) is 13.2 Å². The van der Waals surface area contributed by atoms with Gasteiger partial charge in [0.15, 0.2) is 0 Å². The molecule has 1 aromatic rings. The van der Waals surface area contributed by atoms with E-state index in [1.807, 2.05) is 0 Å². The number of aromatic nitrogens is 2. The van der Waals surface area contributed by atoms with Gasteiger partial charge in [-0.25, -0.2) is 4.98 Å². The zero-order chi connectivity index (χ0) is 15.5. The molecule has 0 radical (unpaired) electrons. The number of nitrogens with zero attached hydrogens (tertiary/aromatic N) is 2. The van der Waals surface area contributed by atoms with Crippen LogP contribution in [0.4, 0.5) is 13.2 Å². The number of hydrogen-bond donors (Lipinski definition) is 2. The highest BCUT2D eigenvalue weighted by Crippen LogP contribution is 2.44. The zero-order valence-corrected chi connectivity index (χ0v) is 11.7. The van der Waals surface area contributed by atoms with E-state index in [9.17, 15) is 13.2 Å². The van der Waals surface area contributed by atoms with Crippen molar-refractivity contribution in [3.8, 4) is 5.88 Å². The van der Waals surface area contributed by atoms with Crippen molar-refractivity contribution in [2.24, 2.45) is 17.7 Å². The molecule has 1 aromatic heterocycles. The Morgan fingerprint density at radius 2 is 2.05 bits per heavy atom. The Kier molecular flexibility index (Phi) is 5.00. The molecule has 3 unspecified atom stereocenters. The van der Waals surface area contributed by atoms with Crippen LogP contribution in [0.15, 0.2) is 12.4 Å². The first-order valence-corrected chi connectivity index (χ1v) is 6.85. The van der Waals surface area contributed by atoms with Crippen molar-refractivity contribution in [1.29, 1.82) is 0 Å². The lowest BCUT2D eigenvalue weighted by Gasteiger charge is -2.34. The molecule has 1 heterocycles. The van der Waals surface area contributed by atoms with Crippen LogP contribution in [0.2, 0.25) is 0 Å². The number of nitrogens with two attached hydrogens (primary N) is 1. The average Bonchev–Trinajstić information content (AvgIpc) is 2.48. The summed E-state index contributed by atoms with van der Waals surface area (Å²) in [5.41, 5.74) is 3.04. The van der Waals surface area contributed by atoms with E-state index in [-0.39, 0.29) is 24.6 Å². The summed E-state index contributed by atoms with van der Waals surface area (Å²) in [4.78, 5) is 8.20. The fourth-order valence-corrected chi connectivity index (χ4v) is 2.97. The molecule has 21 heavy (non-hydrogen) atoms. The molecule has 0 saturated heterocycles. The Labute approximate surface area is 121 Å². The molecular weight excluding hydrogens is 285 g/mol. The molecule has 0 spiro atoms. The summed E-state index contributed by atoms with van der Waals surface area (Å²) in [6.07, 6.45) is 0.190.